The van der Waals surface area contributed by atoms with Gasteiger partial charge >= 0.3 is 12.5 Å². The van der Waals surface area contributed by atoms with E-state index in [0.29, 0.717) is 6.07 Å². The summed E-state index contributed by atoms with van der Waals surface area (Å²) in [4.78, 5) is 3.85. The lowest BCUT2D eigenvalue weighted by molar-refractivity contribution is -0.274. The number of nitriles is 1. The minimum absolute atomic E-state index is 0.0129. The highest BCUT2D eigenvalue weighted by Crippen LogP contribution is 2.45. The average molecular weight is 550 g/mol. The predicted molar refractivity (Wildman–Crippen MR) is 102 cm³/mol. The molecule has 0 heterocycles. The minimum Gasteiger partial charge on any atom is -0.448 e. The summed E-state index contributed by atoms with van der Waals surface area (Å²) >= 11 is 3.70. The highest BCUT2D eigenvalue weighted by Gasteiger charge is 2.34. The molecule has 0 amide bonds. The van der Waals surface area contributed by atoms with E-state index in [1.165, 1.54) is 12.4 Å². The van der Waals surface area contributed by atoms with Gasteiger partial charge in [-0.25, -0.2) is 13.8 Å². The van der Waals surface area contributed by atoms with Crippen LogP contribution in [-0.2, 0) is 6.18 Å². The van der Waals surface area contributed by atoms with Gasteiger partial charge in [0.1, 0.15) is 11.4 Å². The van der Waals surface area contributed by atoms with Crippen LogP contribution in [0.1, 0.15) is 5.56 Å². The van der Waals surface area contributed by atoms with E-state index in [4.69, 9.17) is 10.00 Å². The number of amidine groups is 1. The van der Waals surface area contributed by atoms with Crippen LogP contribution in [0.5, 0.6) is 17.2 Å². The third-order valence-electron chi connectivity index (χ3n) is 3.34. The van der Waals surface area contributed by atoms with E-state index in [9.17, 15) is 35.1 Å². The largest absolute Gasteiger partial charge is 0.573 e. The van der Waals surface area contributed by atoms with Crippen LogP contribution >= 0.6 is 27.7 Å². The number of thioether (sulfide) groups is 1. The molecule has 32 heavy (non-hydrogen) atoms. The lowest BCUT2D eigenvalue weighted by Gasteiger charge is -2.16. The Balaban J connectivity index is 2.64. The van der Waals surface area contributed by atoms with Crippen LogP contribution in [0.4, 0.5) is 40.8 Å². The summed E-state index contributed by atoms with van der Waals surface area (Å²) in [7, 11) is 0. The second-order valence-corrected chi connectivity index (χ2v) is 7.18. The normalized spacial score (nSPS) is 12.3. The molecule has 0 bridgehead atoms. The van der Waals surface area contributed by atoms with E-state index in [2.05, 4.69) is 31.0 Å². The SMILES string of the molecule is CSC(=Nc1cc(OC(F)(F)F)cc(Br)c1Oc1c(F)cc(C(F)(F)F)cc1F)NC#N. The Bertz CT molecular complexity index is 1060. The summed E-state index contributed by atoms with van der Waals surface area (Å²) in [5.41, 5.74) is -2.11. The Morgan fingerprint density at radius 2 is 1.66 bits per heavy atom. The summed E-state index contributed by atoms with van der Waals surface area (Å²) in [6.45, 7) is 0. The zero-order valence-corrected chi connectivity index (χ0v) is 17.7. The van der Waals surface area contributed by atoms with Crippen molar-refractivity contribution in [3.63, 3.8) is 0 Å². The molecule has 2 aromatic rings. The monoisotopic (exact) mass is 549 g/mol. The van der Waals surface area contributed by atoms with Crippen molar-refractivity contribution in [2.24, 2.45) is 4.99 Å². The number of nitrogens with zero attached hydrogens (tertiary/aromatic N) is 2. The Morgan fingerprint density at radius 3 is 2.12 bits per heavy atom. The molecule has 0 saturated heterocycles. The lowest BCUT2D eigenvalue weighted by Crippen LogP contribution is -2.17. The second-order valence-electron chi connectivity index (χ2n) is 5.53. The van der Waals surface area contributed by atoms with Crippen LogP contribution in [0.3, 0.4) is 0 Å². The van der Waals surface area contributed by atoms with Gasteiger partial charge in [-0.2, -0.15) is 18.4 Å². The molecule has 0 aliphatic carbocycles. The highest BCUT2D eigenvalue weighted by atomic mass is 79.9. The molecule has 0 aliphatic heterocycles. The molecule has 0 aliphatic rings. The zero-order chi connectivity index (χ0) is 24.3. The molecule has 0 spiro atoms. The Hall–Kier alpha value is -2.73. The van der Waals surface area contributed by atoms with Crippen molar-refractivity contribution in [3.8, 4) is 23.4 Å². The first-order chi connectivity index (χ1) is 14.7. The third kappa shape index (κ3) is 6.63. The van der Waals surface area contributed by atoms with Crippen molar-refractivity contribution in [2.45, 2.75) is 12.5 Å². The number of rotatable bonds is 4. The van der Waals surface area contributed by atoms with Gasteiger partial charge in [0.05, 0.1) is 10.0 Å². The van der Waals surface area contributed by atoms with Gasteiger partial charge in [-0.1, -0.05) is 11.8 Å². The van der Waals surface area contributed by atoms with Gasteiger partial charge < -0.3 is 9.47 Å². The van der Waals surface area contributed by atoms with Gasteiger partial charge in [-0.05, 0) is 40.4 Å². The molecule has 0 radical (unpaired) electrons. The maximum Gasteiger partial charge on any atom is 0.573 e. The number of nitrogens with one attached hydrogen (secondary N) is 1. The predicted octanol–water partition coefficient (Wildman–Crippen LogP) is 6.86. The molecule has 0 saturated carbocycles. The highest BCUT2D eigenvalue weighted by molar-refractivity contribution is 9.10. The van der Waals surface area contributed by atoms with Gasteiger partial charge in [0.25, 0.3) is 0 Å². The number of aliphatic imine (C=N–C) groups is 1. The number of hydrogen-bond donors (Lipinski definition) is 1. The summed E-state index contributed by atoms with van der Waals surface area (Å²) in [6.07, 6.45) is -7.16. The molecule has 0 fully saturated rings. The third-order valence-corrected chi connectivity index (χ3v) is 4.51. The van der Waals surface area contributed by atoms with Gasteiger partial charge in [-0.3, -0.25) is 5.32 Å². The number of halogens is 9. The Kier molecular flexibility index (Phi) is 7.83. The van der Waals surface area contributed by atoms with Crippen LogP contribution < -0.4 is 14.8 Å². The Labute approximate surface area is 187 Å². The average Bonchev–Trinajstić information content (AvgIpc) is 2.63. The maximum absolute atomic E-state index is 14.2. The van der Waals surface area contributed by atoms with Gasteiger partial charge in [0, 0.05) is 6.07 Å². The summed E-state index contributed by atoms with van der Waals surface area (Å²) < 4.78 is 113. The van der Waals surface area contributed by atoms with E-state index < -0.39 is 52.7 Å². The first-order valence-electron chi connectivity index (χ1n) is 7.86. The summed E-state index contributed by atoms with van der Waals surface area (Å²) in [5.74, 6) is -6.09. The van der Waals surface area contributed by atoms with Crippen molar-refractivity contribution < 1.29 is 44.6 Å². The number of ether oxygens (including phenoxy) is 2. The fourth-order valence-electron chi connectivity index (χ4n) is 2.14. The van der Waals surface area contributed by atoms with Gasteiger partial charge in [0.15, 0.2) is 34.5 Å². The molecule has 172 valence electrons. The standard InChI is InChI=1S/C17H8BrF8N3O2S/c1-32-15(28-6-27)29-12-5-8(31-17(24,25)26)4-9(18)13(12)30-14-10(19)2-7(3-11(14)20)16(21,22)23/h2-5H,1H3,(H,28,29). The molecule has 0 aromatic heterocycles. The minimum atomic E-state index is -5.10. The molecule has 1 N–H and O–H groups in total. The molecule has 0 unspecified atom stereocenters. The number of benzene rings is 2. The van der Waals surface area contributed by atoms with Crippen molar-refractivity contribution in [2.75, 3.05) is 6.26 Å². The molecule has 0 atom stereocenters. The Morgan fingerprint density at radius 1 is 1.06 bits per heavy atom. The van der Waals surface area contributed by atoms with E-state index in [-0.39, 0.29) is 21.8 Å². The van der Waals surface area contributed by atoms with E-state index in [1.807, 2.05) is 0 Å². The fourth-order valence-corrected chi connectivity index (χ4v) is 2.98. The van der Waals surface area contributed by atoms with Gasteiger partial charge in [-0.15, -0.1) is 13.2 Å². The van der Waals surface area contributed by atoms with Gasteiger partial charge in [0.2, 0.25) is 0 Å². The molecule has 15 heteroatoms. The van der Waals surface area contributed by atoms with E-state index >= 15 is 0 Å². The van der Waals surface area contributed by atoms with E-state index in [1.54, 1.807) is 0 Å². The summed E-state index contributed by atoms with van der Waals surface area (Å²) in [5, 5.41) is 10.7. The summed E-state index contributed by atoms with van der Waals surface area (Å²) in [6, 6.07) is 1.39. The van der Waals surface area contributed by atoms with E-state index in [0.717, 1.165) is 17.8 Å². The number of hydrogen-bond acceptors (Lipinski definition) is 5. The topological polar surface area (TPSA) is 66.6 Å². The van der Waals surface area contributed by atoms with Crippen LogP contribution in [0.15, 0.2) is 33.7 Å². The van der Waals surface area contributed by atoms with Crippen LogP contribution in [0.2, 0.25) is 0 Å². The zero-order valence-electron chi connectivity index (χ0n) is 15.3. The fraction of sp³-hybridized carbons (Fsp3) is 0.176. The second kappa shape index (κ2) is 9.82. The quantitative estimate of drug-likeness (QED) is 0.148. The first-order valence-corrected chi connectivity index (χ1v) is 9.88. The molecule has 2 aromatic carbocycles. The molecular formula is C17H8BrF8N3O2S. The van der Waals surface area contributed by atoms with Crippen molar-refractivity contribution in [3.05, 3.63) is 45.9 Å². The number of alkyl halides is 6. The smallest absolute Gasteiger partial charge is 0.448 e. The van der Waals surface area contributed by atoms with Crippen molar-refractivity contribution in [1.29, 1.82) is 5.26 Å². The van der Waals surface area contributed by atoms with Crippen molar-refractivity contribution in [1.82, 2.24) is 5.32 Å². The van der Waals surface area contributed by atoms with Crippen LogP contribution in [0.25, 0.3) is 0 Å². The van der Waals surface area contributed by atoms with Crippen molar-refractivity contribution >= 4 is 38.5 Å². The maximum atomic E-state index is 14.2. The van der Waals surface area contributed by atoms with Crippen LogP contribution in [-0.4, -0.2) is 17.8 Å². The molecule has 5 nitrogen and oxygen atoms in total. The lowest BCUT2D eigenvalue weighted by atomic mass is 10.2. The van der Waals surface area contributed by atoms with Crippen LogP contribution in [0, 0.1) is 23.1 Å². The molecule has 2 rings (SSSR count). The first kappa shape index (κ1) is 25.5. The molecular weight excluding hydrogens is 542 g/mol.